The fraction of sp³-hybridized carbons (Fsp3) is 0.429. The number of fused-ring (bicyclic) bond motifs is 1. The van der Waals surface area contributed by atoms with E-state index >= 15 is 0 Å². The Morgan fingerprint density at radius 3 is 2.74 bits per heavy atom. The van der Waals surface area contributed by atoms with Crippen LogP contribution in [0.5, 0.6) is 0 Å². The van der Waals surface area contributed by atoms with Gasteiger partial charge in [0.2, 0.25) is 0 Å². The number of aryl methyl sites for hydroxylation is 1. The molecule has 0 saturated heterocycles. The van der Waals surface area contributed by atoms with Gasteiger partial charge in [-0.3, -0.25) is 9.69 Å². The molecule has 0 bridgehead atoms. The normalized spacial score (nSPS) is 13.1. The second-order valence-corrected chi connectivity index (χ2v) is 4.65. The summed E-state index contributed by atoms with van der Waals surface area (Å²) in [6.07, 6.45) is 0. The molecule has 2 aromatic rings. The number of benzene rings is 1. The number of carboxylic acid groups (broad SMARTS) is 1. The van der Waals surface area contributed by atoms with Crippen LogP contribution in [0.1, 0.15) is 25.7 Å². The second kappa shape index (κ2) is 5.40. The molecule has 5 nitrogen and oxygen atoms in total. The molecule has 1 N–H and O–H groups in total. The first-order valence-corrected chi connectivity index (χ1v) is 6.41. The van der Waals surface area contributed by atoms with Gasteiger partial charge in [0.25, 0.3) is 0 Å². The molecule has 0 fully saturated rings. The molecule has 0 amide bonds. The van der Waals surface area contributed by atoms with Crippen LogP contribution in [-0.4, -0.2) is 38.6 Å². The highest BCUT2D eigenvalue weighted by atomic mass is 16.4. The molecule has 0 saturated carbocycles. The number of hydrogen-bond acceptors (Lipinski definition) is 3. The van der Waals surface area contributed by atoms with E-state index in [1.807, 2.05) is 54.6 Å². The lowest BCUT2D eigenvalue weighted by molar-refractivity contribution is -0.138. The Morgan fingerprint density at radius 1 is 1.47 bits per heavy atom. The molecule has 0 radical (unpaired) electrons. The van der Waals surface area contributed by atoms with E-state index in [4.69, 9.17) is 5.11 Å². The molecule has 102 valence electrons. The second-order valence-electron chi connectivity index (χ2n) is 4.65. The van der Waals surface area contributed by atoms with Gasteiger partial charge in [0.05, 0.1) is 23.6 Å². The summed E-state index contributed by atoms with van der Waals surface area (Å²) in [7, 11) is 1.97. The van der Waals surface area contributed by atoms with Crippen LogP contribution in [0.3, 0.4) is 0 Å². The summed E-state index contributed by atoms with van der Waals surface area (Å²) in [6, 6.07) is 7.90. The Balaban J connectivity index is 2.37. The Kier molecular flexibility index (Phi) is 3.85. The predicted octanol–water partition coefficient (Wildman–Crippen LogP) is 2.04. The summed E-state index contributed by atoms with van der Waals surface area (Å²) in [4.78, 5) is 17.4. The summed E-state index contributed by atoms with van der Waals surface area (Å²) in [5.41, 5.74) is 2.01. The Hall–Kier alpha value is -1.88. The molecule has 1 unspecified atom stereocenters. The average molecular weight is 261 g/mol. The van der Waals surface area contributed by atoms with Crippen LogP contribution < -0.4 is 0 Å². The van der Waals surface area contributed by atoms with E-state index in [9.17, 15) is 4.79 Å². The van der Waals surface area contributed by atoms with Crippen LogP contribution in [-0.2, 0) is 11.8 Å². The zero-order valence-electron chi connectivity index (χ0n) is 11.5. The quantitative estimate of drug-likeness (QED) is 0.894. The zero-order chi connectivity index (χ0) is 14.0. The molecule has 0 aliphatic heterocycles. The molecule has 0 aliphatic carbocycles. The number of likely N-dealkylation sites (N-methyl/N-ethyl adjacent to an activating group) is 1. The van der Waals surface area contributed by atoms with Crippen LogP contribution in [0.2, 0.25) is 0 Å². The molecule has 1 aromatic carbocycles. The van der Waals surface area contributed by atoms with E-state index in [0.717, 1.165) is 16.9 Å². The number of carboxylic acids is 1. The first-order valence-electron chi connectivity index (χ1n) is 6.41. The Labute approximate surface area is 112 Å². The van der Waals surface area contributed by atoms with E-state index in [2.05, 4.69) is 4.98 Å². The van der Waals surface area contributed by atoms with Crippen molar-refractivity contribution in [1.82, 2.24) is 14.5 Å². The minimum atomic E-state index is -0.813. The molecule has 1 heterocycles. The molecule has 19 heavy (non-hydrogen) atoms. The maximum Gasteiger partial charge on any atom is 0.317 e. The number of para-hydroxylation sites is 2. The average Bonchev–Trinajstić information content (AvgIpc) is 2.73. The molecule has 0 spiro atoms. The summed E-state index contributed by atoms with van der Waals surface area (Å²) in [5.74, 6) is 0.0803. The van der Waals surface area contributed by atoms with Crippen molar-refractivity contribution < 1.29 is 9.90 Å². The number of nitrogens with zero attached hydrogens (tertiary/aromatic N) is 3. The monoisotopic (exact) mass is 261 g/mol. The third-order valence-corrected chi connectivity index (χ3v) is 3.49. The lowest BCUT2D eigenvalue weighted by atomic mass is 10.2. The topological polar surface area (TPSA) is 58.4 Å². The highest BCUT2D eigenvalue weighted by molar-refractivity contribution is 5.76. The van der Waals surface area contributed by atoms with Crippen molar-refractivity contribution in [3.8, 4) is 0 Å². The van der Waals surface area contributed by atoms with Crippen LogP contribution >= 0.6 is 0 Å². The van der Waals surface area contributed by atoms with Gasteiger partial charge >= 0.3 is 5.97 Å². The van der Waals surface area contributed by atoms with E-state index in [1.165, 1.54) is 0 Å². The summed E-state index contributed by atoms with van der Waals surface area (Å²) >= 11 is 0. The molecule has 0 aliphatic rings. The third kappa shape index (κ3) is 2.61. The van der Waals surface area contributed by atoms with E-state index in [0.29, 0.717) is 6.54 Å². The molecule has 1 aromatic heterocycles. The van der Waals surface area contributed by atoms with Gasteiger partial charge in [-0.05, 0) is 25.6 Å². The zero-order valence-corrected chi connectivity index (χ0v) is 11.5. The van der Waals surface area contributed by atoms with Gasteiger partial charge in [-0.2, -0.15) is 0 Å². The Bertz CT molecular complexity index is 591. The smallest absolute Gasteiger partial charge is 0.317 e. The minimum Gasteiger partial charge on any atom is -0.480 e. The largest absolute Gasteiger partial charge is 0.480 e. The molecule has 1 atom stereocenters. The van der Waals surface area contributed by atoms with Crippen molar-refractivity contribution in [2.24, 2.45) is 7.05 Å². The fourth-order valence-electron chi connectivity index (χ4n) is 2.40. The summed E-state index contributed by atoms with van der Waals surface area (Å²) in [6.45, 7) is 4.66. The fourth-order valence-corrected chi connectivity index (χ4v) is 2.40. The van der Waals surface area contributed by atoms with Crippen molar-refractivity contribution in [1.29, 1.82) is 0 Å². The molecular weight excluding hydrogens is 242 g/mol. The maximum absolute atomic E-state index is 10.9. The number of aromatic nitrogens is 2. The van der Waals surface area contributed by atoms with Gasteiger partial charge in [-0.25, -0.2) is 4.98 Å². The Morgan fingerprint density at radius 2 is 2.16 bits per heavy atom. The minimum absolute atomic E-state index is 0.0286. The van der Waals surface area contributed by atoms with Crippen molar-refractivity contribution in [3.63, 3.8) is 0 Å². The molecule has 2 rings (SSSR count). The highest BCUT2D eigenvalue weighted by Gasteiger charge is 2.21. The number of aliphatic carboxylic acids is 1. The number of carbonyl (C=O) groups is 1. The van der Waals surface area contributed by atoms with Gasteiger partial charge < -0.3 is 9.67 Å². The lowest BCUT2D eigenvalue weighted by Gasteiger charge is -2.25. The maximum atomic E-state index is 10.9. The molecular formula is C14H19N3O2. The molecule has 5 heteroatoms. The van der Waals surface area contributed by atoms with Crippen LogP contribution in [0, 0.1) is 0 Å². The third-order valence-electron chi connectivity index (χ3n) is 3.49. The summed E-state index contributed by atoms with van der Waals surface area (Å²) in [5, 5.41) is 8.95. The first kappa shape index (κ1) is 13.5. The van der Waals surface area contributed by atoms with Gasteiger partial charge in [0, 0.05) is 7.05 Å². The van der Waals surface area contributed by atoms with Gasteiger partial charge in [-0.1, -0.05) is 19.1 Å². The van der Waals surface area contributed by atoms with Gasteiger partial charge in [0.15, 0.2) is 0 Å². The predicted molar refractivity (Wildman–Crippen MR) is 74.0 cm³/mol. The van der Waals surface area contributed by atoms with Crippen LogP contribution in [0.15, 0.2) is 24.3 Å². The SMILES string of the molecule is CCN(CC(=O)O)C(C)c1nc2ccccc2n1C. The van der Waals surface area contributed by atoms with Crippen molar-refractivity contribution in [2.75, 3.05) is 13.1 Å². The van der Waals surface area contributed by atoms with Crippen molar-refractivity contribution in [3.05, 3.63) is 30.1 Å². The highest BCUT2D eigenvalue weighted by Crippen LogP contribution is 2.23. The first-order chi connectivity index (χ1) is 9.04. The van der Waals surface area contributed by atoms with Gasteiger partial charge in [0.1, 0.15) is 5.82 Å². The van der Waals surface area contributed by atoms with E-state index < -0.39 is 5.97 Å². The number of hydrogen-bond donors (Lipinski definition) is 1. The van der Waals surface area contributed by atoms with Crippen molar-refractivity contribution >= 4 is 17.0 Å². The summed E-state index contributed by atoms with van der Waals surface area (Å²) < 4.78 is 2.03. The lowest BCUT2D eigenvalue weighted by Crippen LogP contribution is -2.33. The van der Waals surface area contributed by atoms with Crippen LogP contribution in [0.25, 0.3) is 11.0 Å². The number of rotatable bonds is 5. The van der Waals surface area contributed by atoms with E-state index in [-0.39, 0.29) is 12.6 Å². The van der Waals surface area contributed by atoms with E-state index in [1.54, 1.807) is 0 Å². The van der Waals surface area contributed by atoms with Gasteiger partial charge in [-0.15, -0.1) is 0 Å². The number of imidazole rings is 1. The standard InChI is InChI=1S/C14H19N3O2/c1-4-17(9-13(18)19)10(2)14-15-11-7-5-6-8-12(11)16(14)3/h5-8,10H,4,9H2,1-3H3,(H,18,19). The van der Waals surface area contributed by atoms with Crippen molar-refractivity contribution in [2.45, 2.75) is 19.9 Å². The van der Waals surface area contributed by atoms with Crippen LogP contribution in [0.4, 0.5) is 0 Å².